The molecule has 1 aliphatic carbocycles. The van der Waals surface area contributed by atoms with Gasteiger partial charge >= 0.3 is 5.97 Å². The van der Waals surface area contributed by atoms with Crippen LogP contribution in [0.15, 0.2) is 48.8 Å². The molecule has 0 spiro atoms. The van der Waals surface area contributed by atoms with Crippen molar-refractivity contribution in [2.45, 2.75) is 38.5 Å². The molecule has 0 bridgehead atoms. The molecule has 1 aliphatic rings. The molecule has 1 fully saturated rings. The van der Waals surface area contributed by atoms with E-state index in [9.17, 15) is 19.1 Å². The number of nitrogen functional groups attached to an aromatic ring is 1. The predicted octanol–water partition coefficient (Wildman–Crippen LogP) is 4.74. The van der Waals surface area contributed by atoms with E-state index in [1.54, 1.807) is 24.5 Å². The predicted molar refractivity (Wildman–Crippen MR) is 128 cm³/mol. The molecule has 0 aliphatic heterocycles. The normalized spacial score (nSPS) is 18.0. The standard InChI is InChI=1S/C26H24FN5O3/c1-14(33)22-23(16-2-4-17(5-3-16)26(34)35)31-25-20(13-30-32(25)24(22)28)18-8-11-21(29-12-18)15-6-9-19(27)10-7-15/h6-13,16-17H,2-5,28H2,1H3,(H,34,35)/t16-,17-. The Morgan fingerprint density at radius 3 is 2.31 bits per heavy atom. The summed E-state index contributed by atoms with van der Waals surface area (Å²) in [6, 6.07) is 9.85. The number of fused-ring (bicyclic) bond motifs is 1. The summed E-state index contributed by atoms with van der Waals surface area (Å²) < 4.78 is 14.7. The first-order valence-corrected chi connectivity index (χ1v) is 11.5. The largest absolute Gasteiger partial charge is 0.481 e. The van der Waals surface area contributed by atoms with E-state index < -0.39 is 5.97 Å². The van der Waals surface area contributed by atoms with Gasteiger partial charge in [-0.05, 0) is 62.9 Å². The molecule has 9 heteroatoms. The minimum atomic E-state index is -0.784. The number of carbonyl (C=O) groups excluding carboxylic acids is 1. The molecular formula is C26H24FN5O3. The lowest BCUT2D eigenvalue weighted by molar-refractivity contribution is -0.142. The van der Waals surface area contributed by atoms with Gasteiger partial charge in [0.15, 0.2) is 11.4 Å². The van der Waals surface area contributed by atoms with Crippen molar-refractivity contribution in [3.8, 4) is 22.4 Å². The maximum Gasteiger partial charge on any atom is 0.306 e. The van der Waals surface area contributed by atoms with E-state index in [0.717, 1.165) is 11.1 Å². The average Bonchev–Trinajstić information content (AvgIpc) is 3.29. The molecule has 0 saturated heterocycles. The molecule has 3 aromatic heterocycles. The zero-order valence-electron chi connectivity index (χ0n) is 19.1. The molecule has 8 nitrogen and oxygen atoms in total. The Morgan fingerprint density at radius 1 is 1.03 bits per heavy atom. The van der Waals surface area contributed by atoms with Gasteiger partial charge in [0.05, 0.1) is 29.1 Å². The van der Waals surface area contributed by atoms with Crippen LogP contribution in [0.25, 0.3) is 28.0 Å². The smallest absolute Gasteiger partial charge is 0.306 e. The van der Waals surface area contributed by atoms with E-state index >= 15 is 0 Å². The topological polar surface area (TPSA) is 123 Å². The van der Waals surface area contributed by atoms with Crippen molar-refractivity contribution in [1.82, 2.24) is 19.6 Å². The molecule has 0 atom stereocenters. The number of aliphatic carboxylic acids is 1. The fraction of sp³-hybridized carbons (Fsp3) is 0.269. The van der Waals surface area contributed by atoms with Gasteiger partial charge in [-0.3, -0.25) is 14.6 Å². The Labute approximate surface area is 200 Å². The summed E-state index contributed by atoms with van der Waals surface area (Å²) in [5, 5.41) is 13.7. The lowest BCUT2D eigenvalue weighted by Crippen LogP contribution is -2.23. The number of halogens is 1. The number of pyridine rings is 1. The maximum atomic E-state index is 13.2. The number of ketones is 1. The molecule has 4 aromatic rings. The fourth-order valence-electron chi connectivity index (χ4n) is 4.85. The van der Waals surface area contributed by atoms with Crippen molar-refractivity contribution in [2.24, 2.45) is 5.92 Å². The highest BCUT2D eigenvalue weighted by molar-refractivity contribution is 6.00. The van der Waals surface area contributed by atoms with Gasteiger partial charge in [-0.25, -0.2) is 9.37 Å². The zero-order valence-corrected chi connectivity index (χ0v) is 19.1. The van der Waals surface area contributed by atoms with E-state index in [1.807, 2.05) is 12.1 Å². The number of anilines is 1. The van der Waals surface area contributed by atoms with Gasteiger partial charge in [-0.15, -0.1) is 0 Å². The van der Waals surface area contributed by atoms with Crippen LogP contribution >= 0.6 is 0 Å². The van der Waals surface area contributed by atoms with Gasteiger partial charge in [-0.1, -0.05) is 6.07 Å². The van der Waals surface area contributed by atoms with Crippen molar-refractivity contribution in [1.29, 1.82) is 0 Å². The SMILES string of the molecule is CC(=O)c1c(N)n2ncc(-c3ccc(-c4ccc(F)cc4)nc3)c2nc1[C@H]1CC[C@H](C(=O)O)CC1. The maximum absolute atomic E-state index is 13.2. The van der Waals surface area contributed by atoms with Gasteiger partial charge < -0.3 is 10.8 Å². The van der Waals surface area contributed by atoms with Crippen molar-refractivity contribution < 1.29 is 19.1 Å². The number of carboxylic acid groups (broad SMARTS) is 1. The number of hydrogen-bond acceptors (Lipinski definition) is 6. The number of nitrogens with two attached hydrogens (primary N) is 1. The van der Waals surface area contributed by atoms with Crippen molar-refractivity contribution >= 4 is 23.2 Å². The number of rotatable bonds is 5. The number of carboxylic acids is 1. The first kappa shape index (κ1) is 22.6. The first-order valence-electron chi connectivity index (χ1n) is 11.5. The number of nitrogens with zero attached hydrogens (tertiary/aromatic N) is 4. The summed E-state index contributed by atoms with van der Waals surface area (Å²) in [7, 11) is 0. The van der Waals surface area contributed by atoms with E-state index in [2.05, 4.69) is 10.1 Å². The van der Waals surface area contributed by atoms with Crippen LogP contribution in [0.3, 0.4) is 0 Å². The van der Waals surface area contributed by atoms with E-state index in [4.69, 9.17) is 10.7 Å². The molecule has 3 heterocycles. The molecule has 35 heavy (non-hydrogen) atoms. The van der Waals surface area contributed by atoms with Crippen LogP contribution in [0.2, 0.25) is 0 Å². The molecule has 5 rings (SSSR count). The lowest BCUT2D eigenvalue weighted by Gasteiger charge is -2.27. The number of carbonyl (C=O) groups is 2. The minimum absolute atomic E-state index is 0.0569. The summed E-state index contributed by atoms with van der Waals surface area (Å²) in [6.07, 6.45) is 5.65. The highest BCUT2D eigenvalue weighted by Crippen LogP contribution is 2.39. The van der Waals surface area contributed by atoms with Crippen molar-refractivity contribution in [3.05, 3.63) is 65.9 Å². The molecule has 1 saturated carbocycles. The minimum Gasteiger partial charge on any atom is -0.481 e. The third kappa shape index (κ3) is 4.14. The first-order chi connectivity index (χ1) is 16.8. The Balaban J connectivity index is 1.55. The average molecular weight is 474 g/mol. The van der Waals surface area contributed by atoms with Crippen LogP contribution in [0, 0.1) is 11.7 Å². The van der Waals surface area contributed by atoms with Crippen LogP contribution in [0.5, 0.6) is 0 Å². The molecule has 3 N–H and O–H groups in total. The molecule has 1 aromatic carbocycles. The summed E-state index contributed by atoms with van der Waals surface area (Å²) >= 11 is 0. The monoisotopic (exact) mass is 473 g/mol. The fourth-order valence-corrected chi connectivity index (χ4v) is 4.85. The van der Waals surface area contributed by atoms with Crippen molar-refractivity contribution in [3.63, 3.8) is 0 Å². The highest BCUT2D eigenvalue weighted by atomic mass is 19.1. The van der Waals surface area contributed by atoms with Crippen LogP contribution in [0.1, 0.15) is 54.6 Å². The van der Waals surface area contributed by atoms with Gasteiger partial charge in [-0.2, -0.15) is 9.61 Å². The van der Waals surface area contributed by atoms with Gasteiger partial charge in [0.2, 0.25) is 0 Å². The summed E-state index contributed by atoms with van der Waals surface area (Å²) in [4.78, 5) is 33.3. The van der Waals surface area contributed by atoms with Crippen molar-refractivity contribution in [2.75, 3.05) is 5.73 Å². The summed E-state index contributed by atoms with van der Waals surface area (Å²) in [6.45, 7) is 1.45. The second kappa shape index (κ2) is 8.90. The van der Waals surface area contributed by atoms with Gasteiger partial charge in [0, 0.05) is 28.8 Å². The van der Waals surface area contributed by atoms with E-state index in [-0.39, 0.29) is 29.3 Å². The Bertz CT molecular complexity index is 1420. The third-order valence-electron chi connectivity index (χ3n) is 6.74. The second-order valence-corrected chi connectivity index (χ2v) is 8.93. The Morgan fingerprint density at radius 2 is 1.71 bits per heavy atom. The number of benzene rings is 1. The van der Waals surface area contributed by atoms with E-state index in [0.29, 0.717) is 53.8 Å². The number of Topliss-reactive ketones (excluding diaryl/α,β-unsaturated/α-hetero) is 1. The Kier molecular flexibility index (Phi) is 5.76. The third-order valence-corrected chi connectivity index (χ3v) is 6.74. The van der Waals surface area contributed by atoms with Crippen LogP contribution in [-0.2, 0) is 4.79 Å². The second-order valence-electron chi connectivity index (χ2n) is 8.93. The highest BCUT2D eigenvalue weighted by Gasteiger charge is 2.31. The quantitative estimate of drug-likeness (QED) is 0.401. The molecule has 178 valence electrons. The zero-order chi connectivity index (χ0) is 24.7. The molecule has 0 unspecified atom stereocenters. The van der Waals surface area contributed by atoms with Crippen LogP contribution < -0.4 is 5.73 Å². The number of aromatic nitrogens is 4. The Hall–Kier alpha value is -4.14. The number of hydrogen-bond donors (Lipinski definition) is 2. The molecular weight excluding hydrogens is 449 g/mol. The summed E-state index contributed by atoms with van der Waals surface area (Å²) in [5.41, 5.74) is 10.8. The lowest BCUT2D eigenvalue weighted by atomic mass is 9.79. The van der Waals surface area contributed by atoms with Gasteiger partial charge in [0.1, 0.15) is 11.6 Å². The molecule has 0 radical (unpaired) electrons. The van der Waals surface area contributed by atoms with E-state index in [1.165, 1.54) is 23.6 Å². The van der Waals surface area contributed by atoms with Gasteiger partial charge in [0.25, 0.3) is 0 Å². The summed E-state index contributed by atoms with van der Waals surface area (Å²) in [5.74, 6) is -1.50. The van der Waals surface area contributed by atoms with Crippen LogP contribution in [0.4, 0.5) is 10.2 Å². The van der Waals surface area contributed by atoms with Crippen LogP contribution in [-0.4, -0.2) is 36.4 Å². The molecule has 0 amide bonds.